The Bertz CT molecular complexity index is 412. The predicted molar refractivity (Wildman–Crippen MR) is 83.8 cm³/mol. The molecule has 1 aliphatic carbocycles. The van der Waals surface area contributed by atoms with Crippen LogP contribution in [-0.2, 0) is 6.42 Å². The topological polar surface area (TPSA) is 12.0 Å². The summed E-state index contributed by atoms with van der Waals surface area (Å²) in [5, 5.41) is 4.49. The van der Waals surface area contributed by atoms with Crippen LogP contribution in [0.4, 0.5) is 0 Å². The van der Waals surface area contributed by atoms with Gasteiger partial charge in [-0.25, -0.2) is 0 Å². The Morgan fingerprint density at radius 2 is 2.11 bits per heavy atom. The smallest absolute Gasteiger partial charge is 0.0141 e. The van der Waals surface area contributed by atoms with E-state index in [1.807, 2.05) is 0 Å². The van der Waals surface area contributed by atoms with Crippen molar-refractivity contribution in [3.05, 3.63) is 29.8 Å². The van der Waals surface area contributed by atoms with Gasteiger partial charge < -0.3 is 5.32 Å². The zero-order valence-corrected chi connectivity index (χ0v) is 12.9. The van der Waals surface area contributed by atoms with Crippen molar-refractivity contribution in [2.24, 2.45) is 11.3 Å². The van der Waals surface area contributed by atoms with Gasteiger partial charge in [-0.1, -0.05) is 32.0 Å². The molecule has 0 amide bonds. The quantitative estimate of drug-likeness (QED) is 0.838. The van der Waals surface area contributed by atoms with Crippen LogP contribution < -0.4 is 5.32 Å². The largest absolute Gasteiger partial charge is 0.316 e. The average Bonchev–Trinajstić information content (AvgIpc) is 3.00. The Labute approximate surface area is 121 Å². The summed E-state index contributed by atoms with van der Waals surface area (Å²) in [5.41, 5.74) is 2.21. The molecule has 1 N–H and O–H groups in total. The molecule has 1 unspecified atom stereocenters. The molecule has 0 radical (unpaired) electrons. The van der Waals surface area contributed by atoms with Crippen LogP contribution in [0.5, 0.6) is 0 Å². The molecule has 0 saturated heterocycles. The van der Waals surface area contributed by atoms with Crippen molar-refractivity contribution in [1.29, 1.82) is 0 Å². The number of nitrogens with one attached hydrogen (secondary N) is 1. The molecule has 2 aliphatic rings. The van der Waals surface area contributed by atoms with Gasteiger partial charge in [0.1, 0.15) is 0 Å². The van der Waals surface area contributed by atoms with E-state index < -0.39 is 0 Å². The summed E-state index contributed by atoms with van der Waals surface area (Å²) in [7, 11) is 0. The summed E-state index contributed by atoms with van der Waals surface area (Å²) < 4.78 is 0. The maximum Gasteiger partial charge on any atom is 0.0141 e. The lowest BCUT2D eigenvalue weighted by atomic mass is 9.96. The highest BCUT2D eigenvalue weighted by atomic mass is 32.2. The van der Waals surface area contributed by atoms with Crippen LogP contribution in [-0.4, -0.2) is 18.3 Å². The van der Waals surface area contributed by atoms with E-state index in [0.717, 1.165) is 11.2 Å². The summed E-state index contributed by atoms with van der Waals surface area (Å²) in [6, 6.07) is 8.94. The van der Waals surface area contributed by atoms with Crippen molar-refractivity contribution in [3.63, 3.8) is 0 Å². The van der Waals surface area contributed by atoms with Gasteiger partial charge in [-0.2, -0.15) is 0 Å². The van der Waals surface area contributed by atoms with Crippen LogP contribution in [0.15, 0.2) is 29.2 Å². The van der Waals surface area contributed by atoms with Gasteiger partial charge in [0.15, 0.2) is 0 Å². The van der Waals surface area contributed by atoms with Gasteiger partial charge in [0.05, 0.1) is 0 Å². The van der Waals surface area contributed by atoms with Gasteiger partial charge in [-0.05, 0) is 55.2 Å². The van der Waals surface area contributed by atoms with E-state index in [9.17, 15) is 0 Å². The maximum atomic E-state index is 3.67. The van der Waals surface area contributed by atoms with Gasteiger partial charge in [0.25, 0.3) is 0 Å². The normalized spacial score (nSPS) is 23.6. The van der Waals surface area contributed by atoms with Crippen LogP contribution in [0.1, 0.15) is 38.7 Å². The number of rotatable bonds is 6. The van der Waals surface area contributed by atoms with Crippen LogP contribution in [0.25, 0.3) is 0 Å². The fraction of sp³-hybridized carbons (Fsp3) is 0.647. The van der Waals surface area contributed by atoms with E-state index in [-0.39, 0.29) is 0 Å². The Morgan fingerprint density at radius 3 is 2.79 bits per heavy atom. The zero-order chi connectivity index (χ0) is 13.3. The van der Waals surface area contributed by atoms with Gasteiger partial charge in [-0.15, -0.1) is 11.8 Å². The standard InChI is InChI=1S/C17H25NS/c1-13(2)11-18-12-17(7-8-17)10-15-9-14-5-3-4-6-16(14)19-15/h3-6,13,15,18H,7-12H2,1-2H3. The van der Waals surface area contributed by atoms with Crippen molar-refractivity contribution in [2.45, 2.75) is 49.7 Å². The molecule has 3 rings (SSSR count). The summed E-state index contributed by atoms with van der Waals surface area (Å²) in [6.45, 7) is 6.98. The summed E-state index contributed by atoms with van der Waals surface area (Å²) in [6.07, 6.45) is 5.56. The first kappa shape index (κ1) is 13.5. The molecule has 1 aliphatic heterocycles. The van der Waals surface area contributed by atoms with Crippen molar-refractivity contribution < 1.29 is 0 Å². The van der Waals surface area contributed by atoms with Gasteiger partial charge in [0.2, 0.25) is 0 Å². The molecule has 19 heavy (non-hydrogen) atoms. The highest BCUT2D eigenvalue weighted by Crippen LogP contribution is 2.53. The second-order valence-corrected chi connectivity index (χ2v) is 8.12. The lowest BCUT2D eigenvalue weighted by Crippen LogP contribution is -2.29. The molecular formula is C17H25NS. The molecule has 2 heteroatoms. The molecule has 0 bridgehead atoms. The van der Waals surface area contributed by atoms with E-state index in [4.69, 9.17) is 0 Å². The van der Waals surface area contributed by atoms with Crippen LogP contribution in [0.3, 0.4) is 0 Å². The Morgan fingerprint density at radius 1 is 1.32 bits per heavy atom. The number of hydrogen-bond donors (Lipinski definition) is 1. The molecule has 1 nitrogen and oxygen atoms in total. The number of benzene rings is 1. The van der Waals surface area contributed by atoms with E-state index >= 15 is 0 Å². The zero-order valence-electron chi connectivity index (χ0n) is 12.1. The second kappa shape index (κ2) is 5.49. The molecule has 1 atom stereocenters. The number of fused-ring (bicyclic) bond motifs is 1. The molecule has 0 aromatic heterocycles. The minimum absolute atomic E-state index is 0.634. The monoisotopic (exact) mass is 275 g/mol. The second-order valence-electron chi connectivity index (χ2n) is 6.78. The molecular weight excluding hydrogens is 250 g/mol. The molecule has 104 valence electrons. The lowest BCUT2D eigenvalue weighted by molar-refractivity contribution is 0.405. The highest BCUT2D eigenvalue weighted by molar-refractivity contribution is 8.00. The van der Waals surface area contributed by atoms with E-state index in [0.29, 0.717) is 5.41 Å². The van der Waals surface area contributed by atoms with E-state index in [1.165, 1.54) is 43.7 Å². The minimum atomic E-state index is 0.634. The van der Waals surface area contributed by atoms with Gasteiger partial charge in [-0.3, -0.25) is 0 Å². The Kier molecular flexibility index (Phi) is 3.91. The van der Waals surface area contributed by atoms with Gasteiger partial charge >= 0.3 is 0 Å². The van der Waals surface area contributed by atoms with E-state index in [2.05, 4.69) is 55.2 Å². The molecule has 1 heterocycles. The average molecular weight is 275 g/mol. The summed E-state index contributed by atoms with van der Waals surface area (Å²) >= 11 is 2.12. The van der Waals surface area contributed by atoms with Crippen molar-refractivity contribution in [1.82, 2.24) is 5.32 Å². The third kappa shape index (κ3) is 3.35. The van der Waals surface area contributed by atoms with Crippen LogP contribution in [0.2, 0.25) is 0 Å². The first-order valence-corrected chi connectivity index (χ1v) is 8.50. The SMILES string of the molecule is CC(C)CNCC1(CC2Cc3ccccc3S2)CC1. The van der Waals surface area contributed by atoms with Crippen molar-refractivity contribution >= 4 is 11.8 Å². The molecule has 0 spiro atoms. The van der Waals surface area contributed by atoms with Gasteiger partial charge in [0, 0.05) is 16.7 Å². The number of thioether (sulfide) groups is 1. The van der Waals surface area contributed by atoms with Crippen molar-refractivity contribution in [3.8, 4) is 0 Å². The predicted octanol–water partition coefficient (Wildman–Crippen LogP) is 4.12. The highest BCUT2D eigenvalue weighted by Gasteiger charge is 2.44. The van der Waals surface area contributed by atoms with Crippen LogP contribution >= 0.6 is 11.8 Å². The lowest BCUT2D eigenvalue weighted by Gasteiger charge is -2.20. The first-order valence-electron chi connectivity index (χ1n) is 7.62. The van der Waals surface area contributed by atoms with Crippen LogP contribution in [0, 0.1) is 11.3 Å². The molecule has 1 aromatic carbocycles. The maximum absolute atomic E-state index is 3.67. The Hall–Kier alpha value is -0.470. The first-order chi connectivity index (χ1) is 9.17. The van der Waals surface area contributed by atoms with Crippen molar-refractivity contribution in [2.75, 3.05) is 13.1 Å². The summed E-state index contributed by atoms with van der Waals surface area (Å²) in [5.74, 6) is 0.765. The minimum Gasteiger partial charge on any atom is -0.316 e. The Balaban J connectivity index is 1.50. The molecule has 1 fully saturated rings. The molecule has 1 saturated carbocycles. The van der Waals surface area contributed by atoms with E-state index in [1.54, 1.807) is 5.56 Å². The summed E-state index contributed by atoms with van der Waals surface area (Å²) in [4.78, 5) is 1.53. The fourth-order valence-electron chi connectivity index (χ4n) is 3.11. The third-order valence-electron chi connectivity index (χ3n) is 4.38. The fourth-order valence-corrected chi connectivity index (χ4v) is 4.63. The molecule has 1 aromatic rings. The number of hydrogen-bond acceptors (Lipinski definition) is 2. The third-order valence-corrected chi connectivity index (χ3v) is 5.70.